The van der Waals surface area contributed by atoms with Gasteiger partial charge in [0, 0.05) is 13.1 Å². The third kappa shape index (κ3) is 4.07. The lowest BCUT2D eigenvalue weighted by molar-refractivity contribution is -0.142. The fraction of sp³-hybridized carbons (Fsp3) is 0.611. The summed E-state index contributed by atoms with van der Waals surface area (Å²) in [6.07, 6.45) is 1.21. The van der Waals surface area contributed by atoms with Gasteiger partial charge in [-0.05, 0) is 29.9 Å². The summed E-state index contributed by atoms with van der Waals surface area (Å²) in [7, 11) is 1.47. The second-order valence-electron chi connectivity index (χ2n) is 7.10. The number of nitrogens with zero attached hydrogens (tertiary/aromatic N) is 1. The van der Waals surface area contributed by atoms with Crippen LogP contribution in [0.3, 0.4) is 0 Å². The number of hydrogen-bond acceptors (Lipinski definition) is 3. The number of benzene rings is 1. The van der Waals surface area contributed by atoms with Crippen LogP contribution < -0.4 is 0 Å². The van der Waals surface area contributed by atoms with Gasteiger partial charge in [-0.25, -0.2) is 0 Å². The van der Waals surface area contributed by atoms with E-state index in [0.29, 0.717) is 11.3 Å². The number of carbonyl (C=O) groups excluding carboxylic acids is 1. The zero-order valence-corrected chi connectivity index (χ0v) is 13.6. The molecule has 3 heteroatoms. The minimum Gasteiger partial charge on any atom is -0.469 e. The van der Waals surface area contributed by atoms with E-state index in [9.17, 15) is 4.79 Å². The summed E-state index contributed by atoms with van der Waals surface area (Å²) in [4.78, 5) is 14.5. The number of rotatable bonds is 4. The Kier molecular flexibility index (Phi) is 5.04. The maximum atomic E-state index is 12.1. The van der Waals surface area contributed by atoms with Crippen molar-refractivity contribution in [2.24, 2.45) is 11.3 Å². The van der Waals surface area contributed by atoms with Crippen LogP contribution >= 0.6 is 0 Å². The molecule has 0 spiro atoms. The van der Waals surface area contributed by atoms with Crippen LogP contribution in [0.25, 0.3) is 0 Å². The number of methoxy groups -OCH3 is 1. The second kappa shape index (κ2) is 6.61. The number of esters is 1. The maximum absolute atomic E-state index is 12.1. The quantitative estimate of drug-likeness (QED) is 0.796. The Morgan fingerprint density at radius 1 is 1.33 bits per heavy atom. The summed E-state index contributed by atoms with van der Waals surface area (Å²) >= 11 is 0. The van der Waals surface area contributed by atoms with Gasteiger partial charge < -0.3 is 9.64 Å². The summed E-state index contributed by atoms with van der Waals surface area (Å²) in [6, 6.07) is 9.96. The topological polar surface area (TPSA) is 29.5 Å². The standard InChI is InChI=1S/C18H27NO2/c1-18(2,3)15-10-11-19(12-15)13-16(17(20)21-4)14-8-6-5-7-9-14/h5-9,15-16H,10-13H2,1-4H3. The molecule has 1 aromatic rings. The van der Waals surface area contributed by atoms with Gasteiger partial charge in [0.15, 0.2) is 0 Å². The van der Waals surface area contributed by atoms with E-state index in [1.807, 2.05) is 30.3 Å². The minimum absolute atomic E-state index is 0.139. The van der Waals surface area contributed by atoms with Gasteiger partial charge >= 0.3 is 5.97 Å². The van der Waals surface area contributed by atoms with Crippen molar-refractivity contribution in [1.82, 2.24) is 4.90 Å². The van der Waals surface area contributed by atoms with E-state index in [0.717, 1.165) is 25.2 Å². The first kappa shape index (κ1) is 16.0. The van der Waals surface area contributed by atoms with Crippen molar-refractivity contribution in [1.29, 1.82) is 0 Å². The van der Waals surface area contributed by atoms with Gasteiger partial charge in [0.25, 0.3) is 0 Å². The lowest BCUT2D eigenvalue weighted by Gasteiger charge is -2.28. The van der Waals surface area contributed by atoms with Gasteiger partial charge in [0.05, 0.1) is 13.0 Å². The zero-order valence-electron chi connectivity index (χ0n) is 13.6. The van der Waals surface area contributed by atoms with Crippen LogP contribution in [-0.2, 0) is 9.53 Å². The lowest BCUT2D eigenvalue weighted by Crippen LogP contribution is -2.32. The van der Waals surface area contributed by atoms with Crippen LogP contribution in [0.5, 0.6) is 0 Å². The van der Waals surface area contributed by atoms with Gasteiger partial charge in [0.1, 0.15) is 0 Å². The van der Waals surface area contributed by atoms with Crippen molar-refractivity contribution in [3.05, 3.63) is 35.9 Å². The smallest absolute Gasteiger partial charge is 0.314 e. The molecule has 1 saturated heterocycles. The summed E-state index contributed by atoms with van der Waals surface area (Å²) in [5.41, 5.74) is 1.38. The number of carbonyl (C=O) groups is 1. The highest BCUT2D eigenvalue weighted by atomic mass is 16.5. The summed E-state index contributed by atoms with van der Waals surface area (Å²) in [5.74, 6) is 0.377. The first-order chi connectivity index (χ1) is 9.91. The van der Waals surface area contributed by atoms with Crippen molar-refractivity contribution >= 4 is 5.97 Å². The highest BCUT2D eigenvalue weighted by molar-refractivity contribution is 5.78. The number of ether oxygens (including phenoxy) is 1. The predicted molar refractivity (Wildman–Crippen MR) is 85.2 cm³/mol. The first-order valence-electron chi connectivity index (χ1n) is 7.77. The highest BCUT2D eigenvalue weighted by Crippen LogP contribution is 2.34. The van der Waals surface area contributed by atoms with Crippen molar-refractivity contribution in [3.8, 4) is 0 Å². The highest BCUT2D eigenvalue weighted by Gasteiger charge is 2.34. The SMILES string of the molecule is COC(=O)C(CN1CCC(C(C)(C)C)C1)c1ccccc1. The lowest BCUT2D eigenvalue weighted by atomic mass is 9.80. The Morgan fingerprint density at radius 2 is 2.00 bits per heavy atom. The molecule has 2 unspecified atom stereocenters. The molecule has 0 bridgehead atoms. The molecule has 0 aromatic heterocycles. The van der Waals surface area contributed by atoms with E-state index in [2.05, 4.69) is 25.7 Å². The van der Waals surface area contributed by atoms with Gasteiger partial charge in [-0.2, -0.15) is 0 Å². The van der Waals surface area contributed by atoms with Crippen LogP contribution in [-0.4, -0.2) is 37.6 Å². The number of likely N-dealkylation sites (tertiary alicyclic amines) is 1. The van der Waals surface area contributed by atoms with Crippen LogP contribution in [0, 0.1) is 11.3 Å². The Hall–Kier alpha value is -1.35. The van der Waals surface area contributed by atoms with Crippen molar-refractivity contribution < 1.29 is 9.53 Å². The van der Waals surface area contributed by atoms with Gasteiger partial charge in [-0.3, -0.25) is 4.79 Å². The largest absolute Gasteiger partial charge is 0.469 e. The average Bonchev–Trinajstić information content (AvgIpc) is 2.93. The summed E-state index contributed by atoms with van der Waals surface area (Å²) < 4.78 is 5.01. The summed E-state index contributed by atoms with van der Waals surface area (Å²) in [6.45, 7) is 9.80. The van der Waals surface area contributed by atoms with Crippen molar-refractivity contribution in [3.63, 3.8) is 0 Å². The van der Waals surface area contributed by atoms with E-state index >= 15 is 0 Å². The average molecular weight is 289 g/mol. The molecule has 1 aliphatic rings. The molecule has 3 nitrogen and oxygen atoms in total. The van der Waals surface area contributed by atoms with Crippen LogP contribution in [0.2, 0.25) is 0 Å². The normalized spacial score (nSPS) is 21.2. The fourth-order valence-electron chi connectivity index (χ4n) is 3.11. The van der Waals surface area contributed by atoms with Crippen molar-refractivity contribution in [2.45, 2.75) is 33.1 Å². The summed E-state index contributed by atoms with van der Waals surface area (Å²) in [5, 5.41) is 0. The molecule has 0 saturated carbocycles. The molecule has 2 atom stereocenters. The van der Waals surface area contributed by atoms with Gasteiger partial charge in [0.2, 0.25) is 0 Å². The molecule has 2 rings (SSSR count). The Balaban J connectivity index is 2.06. The third-order valence-electron chi connectivity index (χ3n) is 4.63. The molecule has 21 heavy (non-hydrogen) atoms. The van der Waals surface area contributed by atoms with E-state index in [1.54, 1.807) is 0 Å². The molecule has 0 amide bonds. The van der Waals surface area contributed by atoms with Crippen LogP contribution in [0.4, 0.5) is 0 Å². The predicted octanol–water partition coefficient (Wildman–Crippen LogP) is 3.31. The monoisotopic (exact) mass is 289 g/mol. The van der Waals surface area contributed by atoms with Crippen LogP contribution in [0.1, 0.15) is 38.7 Å². The minimum atomic E-state index is -0.185. The molecular formula is C18H27NO2. The maximum Gasteiger partial charge on any atom is 0.314 e. The Bertz CT molecular complexity index is 464. The molecule has 1 fully saturated rings. The molecule has 0 aliphatic carbocycles. The van der Waals surface area contributed by atoms with Crippen LogP contribution in [0.15, 0.2) is 30.3 Å². The van der Waals surface area contributed by atoms with E-state index in [1.165, 1.54) is 13.5 Å². The fourth-order valence-corrected chi connectivity index (χ4v) is 3.11. The second-order valence-corrected chi connectivity index (χ2v) is 7.10. The van der Waals surface area contributed by atoms with E-state index in [4.69, 9.17) is 4.74 Å². The molecule has 0 N–H and O–H groups in total. The van der Waals surface area contributed by atoms with E-state index in [-0.39, 0.29) is 11.9 Å². The van der Waals surface area contributed by atoms with E-state index < -0.39 is 0 Å². The first-order valence-corrected chi connectivity index (χ1v) is 7.77. The Morgan fingerprint density at radius 3 is 2.52 bits per heavy atom. The van der Waals surface area contributed by atoms with Crippen molar-refractivity contribution in [2.75, 3.05) is 26.7 Å². The number of hydrogen-bond donors (Lipinski definition) is 0. The molecule has 116 valence electrons. The van der Waals surface area contributed by atoms with Gasteiger partial charge in [-0.15, -0.1) is 0 Å². The molecule has 1 aromatic carbocycles. The molecule has 0 radical (unpaired) electrons. The third-order valence-corrected chi connectivity index (χ3v) is 4.63. The zero-order chi connectivity index (χ0) is 15.5. The molecular weight excluding hydrogens is 262 g/mol. The van der Waals surface area contributed by atoms with Gasteiger partial charge in [-0.1, -0.05) is 51.1 Å². The Labute approximate surface area is 128 Å². The molecule has 1 aliphatic heterocycles. The molecule has 1 heterocycles.